The van der Waals surface area contributed by atoms with Crippen LogP contribution in [0.2, 0.25) is 5.02 Å². The van der Waals surface area contributed by atoms with E-state index in [0.29, 0.717) is 0 Å². The Bertz CT molecular complexity index is 653. The number of benzene rings is 1. The Morgan fingerprint density at radius 1 is 1.41 bits per heavy atom. The Balaban J connectivity index is 1.65. The fourth-order valence-corrected chi connectivity index (χ4v) is 3.56. The van der Waals surface area contributed by atoms with Crippen LogP contribution in [0.5, 0.6) is 0 Å². The maximum absolute atomic E-state index is 11.4. The van der Waals surface area contributed by atoms with Gasteiger partial charge in [-0.3, -0.25) is 9.69 Å². The Kier molecular flexibility index (Phi) is 4.93. The fraction of sp³-hybridized carbons (Fsp3) is 0.353. The first kappa shape index (κ1) is 15.7. The number of ketones is 1. The van der Waals surface area contributed by atoms with E-state index in [4.69, 9.17) is 16.3 Å². The quantitative estimate of drug-likeness (QED) is 0.785. The van der Waals surface area contributed by atoms with E-state index in [1.807, 2.05) is 30.3 Å². The first-order valence-corrected chi connectivity index (χ1v) is 8.55. The van der Waals surface area contributed by atoms with Gasteiger partial charge in [0.15, 0.2) is 5.78 Å². The van der Waals surface area contributed by atoms with Crippen molar-refractivity contribution in [2.24, 2.45) is 0 Å². The van der Waals surface area contributed by atoms with Crippen LogP contribution in [0.1, 0.15) is 33.8 Å². The number of rotatable bonds is 4. The van der Waals surface area contributed by atoms with E-state index in [0.717, 1.165) is 41.7 Å². The lowest BCUT2D eigenvalue weighted by Crippen LogP contribution is -2.37. The molecule has 1 fully saturated rings. The number of hydrogen-bond acceptors (Lipinski definition) is 4. The number of halogens is 1. The first-order chi connectivity index (χ1) is 10.6. The number of carbonyl (C=O) groups excluding carboxylic acids is 1. The van der Waals surface area contributed by atoms with Crippen LogP contribution in [0, 0.1) is 0 Å². The molecule has 0 radical (unpaired) electrons. The highest BCUT2D eigenvalue weighted by Crippen LogP contribution is 2.25. The van der Waals surface area contributed by atoms with E-state index in [9.17, 15) is 4.79 Å². The predicted octanol–water partition coefficient (Wildman–Crippen LogP) is 4.18. The molecule has 0 aliphatic carbocycles. The fourth-order valence-electron chi connectivity index (χ4n) is 2.63. The Morgan fingerprint density at radius 2 is 2.18 bits per heavy atom. The summed E-state index contributed by atoms with van der Waals surface area (Å²) < 4.78 is 5.88. The number of carbonyl (C=O) groups is 1. The number of hydrogen-bond donors (Lipinski definition) is 0. The maximum Gasteiger partial charge on any atom is 0.169 e. The Labute approximate surface area is 139 Å². The van der Waals surface area contributed by atoms with Gasteiger partial charge in [-0.05, 0) is 41.6 Å². The molecule has 1 saturated heterocycles. The summed E-state index contributed by atoms with van der Waals surface area (Å²) in [5.74, 6) is 0.136. The molecule has 1 aliphatic rings. The zero-order chi connectivity index (χ0) is 15.5. The van der Waals surface area contributed by atoms with Crippen LogP contribution in [-0.2, 0) is 11.3 Å². The van der Waals surface area contributed by atoms with Crippen LogP contribution in [0.25, 0.3) is 0 Å². The van der Waals surface area contributed by atoms with Crippen molar-refractivity contribution in [1.29, 1.82) is 0 Å². The molecule has 2 aromatic rings. The average Bonchev–Trinajstić information content (AvgIpc) is 2.97. The van der Waals surface area contributed by atoms with E-state index in [2.05, 4.69) is 10.3 Å². The summed E-state index contributed by atoms with van der Waals surface area (Å²) in [6.45, 7) is 4.96. The molecule has 22 heavy (non-hydrogen) atoms. The molecule has 116 valence electrons. The van der Waals surface area contributed by atoms with Crippen molar-refractivity contribution >= 4 is 28.7 Å². The molecular weight excluding hydrogens is 318 g/mol. The SMILES string of the molecule is CC(=O)c1cc(CN2CCO[C@H](c3ccc(Cl)cc3)C2)cs1. The van der Waals surface area contributed by atoms with Crippen LogP contribution in [0.4, 0.5) is 0 Å². The summed E-state index contributed by atoms with van der Waals surface area (Å²) in [6, 6.07) is 9.85. The Morgan fingerprint density at radius 3 is 2.86 bits per heavy atom. The minimum Gasteiger partial charge on any atom is -0.371 e. The van der Waals surface area contributed by atoms with Gasteiger partial charge in [0.2, 0.25) is 0 Å². The van der Waals surface area contributed by atoms with Crippen molar-refractivity contribution in [2.45, 2.75) is 19.6 Å². The Hall–Kier alpha value is -1.20. The molecule has 1 aliphatic heterocycles. The van der Waals surface area contributed by atoms with Gasteiger partial charge in [0.1, 0.15) is 0 Å². The zero-order valence-corrected chi connectivity index (χ0v) is 14.0. The molecule has 0 unspecified atom stereocenters. The van der Waals surface area contributed by atoms with Gasteiger partial charge in [-0.15, -0.1) is 11.3 Å². The van der Waals surface area contributed by atoms with Gasteiger partial charge < -0.3 is 4.74 Å². The van der Waals surface area contributed by atoms with Gasteiger partial charge in [0, 0.05) is 24.7 Å². The van der Waals surface area contributed by atoms with Gasteiger partial charge in [-0.2, -0.15) is 0 Å². The number of Topliss-reactive ketones (excluding diaryl/α,β-unsaturated/α-hetero) is 1. The molecule has 0 bridgehead atoms. The molecular formula is C17H18ClNO2S. The molecule has 1 atom stereocenters. The van der Waals surface area contributed by atoms with Gasteiger partial charge >= 0.3 is 0 Å². The first-order valence-electron chi connectivity index (χ1n) is 7.29. The summed E-state index contributed by atoms with van der Waals surface area (Å²) in [5, 5.41) is 2.81. The smallest absolute Gasteiger partial charge is 0.169 e. The molecule has 3 nitrogen and oxygen atoms in total. The normalized spacial score (nSPS) is 19.3. The molecule has 1 aromatic carbocycles. The van der Waals surface area contributed by atoms with Gasteiger partial charge in [-0.1, -0.05) is 23.7 Å². The van der Waals surface area contributed by atoms with E-state index >= 15 is 0 Å². The molecule has 0 N–H and O–H groups in total. The lowest BCUT2D eigenvalue weighted by molar-refractivity contribution is -0.0328. The van der Waals surface area contributed by atoms with Crippen LogP contribution >= 0.6 is 22.9 Å². The van der Waals surface area contributed by atoms with Crippen molar-refractivity contribution in [3.05, 3.63) is 56.7 Å². The predicted molar refractivity (Wildman–Crippen MR) is 89.7 cm³/mol. The number of thiophene rings is 1. The minimum absolute atomic E-state index is 0.0805. The second kappa shape index (κ2) is 6.92. The second-order valence-corrected chi connectivity index (χ2v) is 6.87. The maximum atomic E-state index is 11.4. The van der Waals surface area contributed by atoms with Crippen LogP contribution in [-0.4, -0.2) is 30.4 Å². The van der Waals surface area contributed by atoms with Crippen LogP contribution in [0.15, 0.2) is 35.7 Å². The average molecular weight is 336 g/mol. The molecule has 0 saturated carbocycles. The van der Waals surface area contributed by atoms with Crippen molar-refractivity contribution in [3.63, 3.8) is 0 Å². The number of ether oxygens (including phenoxy) is 1. The molecule has 0 spiro atoms. The van der Waals surface area contributed by atoms with E-state index < -0.39 is 0 Å². The number of nitrogens with zero attached hydrogens (tertiary/aromatic N) is 1. The highest BCUT2D eigenvalue weighted by molar-refractivity contribution is 7.12. The zero-order valence-electron chi connectivity index (χ0n) is 12.4. The van der Waals surface area contributed by atoms with Crippen molar-refractivity contribution < 1.29 is 9.53 Å². The minimum atomic E-state index is 0.0805. The van der Waals surface area contributed by atoms with Crippen LogP contribution in [0.3, 0.4) is 0 Å². The van der Waals surface area contributed by atoms with Crippen LogP contribution < -0.4 is 0 Å². The van der Waals surface area contributed by atoms with Gasteiger partial charge in [0.05, 0.1) is 17.6 Å². The van der Waals surface area contributed by atoms with E-state index in [1.54, 1.807) is 6.92 Å². The van der Waals surface area contributed by atoms with E-state index in [-0.39, 0.29) is 11.9 Å². The highest BCUT2D eigenvalue weighted by Gasteiger charge is 2.22. The standard InChI is InChI=1S/C17H18ClNO2S/c1-12(20)17-8-13(11-22-17)9-19-6-7-21-16(10-19)14-2-4-15(18)5-3-14/h2-5,8,11,16H,6-7,9-10H2,1H3/t16-/m0/s1. The molecule has 0 amide bonds. The third-order valence-electron chi connectivity index (χ3n) is 3.80. The third kappa shape index (κ3) is 3.76. The van der Waals surface area contributed by atoms with E-state index in [1.165, 1.54) is 16.9 Å². The summed E-state index contributed by atoms with van der Waals surface area (Å²) in [7, 11) is 0. The largest absolute Gasteiger partial charge is 0.371 e. The summed E-state index contributed by atoms with van der Waals surface area (Å²) in [4.78, 5) is 14.6. The molecule has 3 rings (SSSR count). The molecule has 2 heterocycles. The van der Waals surface area contributed by atoms with Gasteiger partial charge in [-0.25, -0.2) is 0 Å². The summed E-state index contributed by atoms with van der Waals surface area (Å²) in [6.07, 6.45) is 0.0805. The molecule has 1 aromatic heterocycles. The third-order valence-corrected chi connectivity index (χ3v) is 5.13. The lowest BCUT2D eigenvalue weighted by Gasteiger charge is -2.33. The van der Waals surface area contributed by atoms with Gasteiger partial charge in [0.25, 0.3) is 0 Å². The number of morpholine rings is 1. The van der Waals surface area contributed by atoms with Crippen molar-refractivity contribution in [1.82, 2.24) is 4.90 Å². The summed E-state index contributed by atoms with van der Waals surface area (Å²) >= 11 is 7.46. The second-order valence-electron chi connectivity index (χ2n) is 5.52. The topological polar surface area (TPSA) is 29.5 Å². The highest BCUT2D eigenvalue weighted by atomic mass is 35.5. The molecule has 5 heteroatoms. The summed E-state index contributed by atoms with van der Waals surface area (Å²) in [5.41, 5.74) is 2.36. The van der Waals surface area contributed by atoms with Crippen molar-refractivity contribution in [3.8, 4) is 0 Å². The lowest BCUT2D eigenvalue weighted by atomic mass is 10.1. The monoisotopic (exact) mass is 335 g/mol. The van der Waals surface area contributed by atoms with Crippen molar-refractivity contribution in [2.75, 3.05) is 19.7 Å².